The lowest BCUT2D eigenvalue weighted by atomic mass is 10.1. The molecule has 0 bridgehead atoms. The van der Waals surface area contributed by atoms with E-state index in [0.717, 1.165) is 13.1 Å². The van der Waals surface area contributed by atoms with Gasteiger partial charge in [0.05, 0.1) is 19.8 Å². The van der Waals surface area contributed by atoms with Crippen LogP contribution in [-0.2, 0) is 14.3 Å². The zero-order valence-electron chi connectivity index (χ0n) is 13.9. The second kappa shape index (κ2) is 7.16. The number of piperidine rings is 1. The molecule has 0 N–H and O–H groups in total. The lowest BCUT2D eigenvalue weighted by molar-refractivity contribution is -0.132. The molecule has 0 aromatic carbocycles. The van der Waals surface area contributed by atoms with Crippen LogP contribution in [-0.4, -0.2) is 88.6 Å². The van der Waals surface area contributed by atoms with E-state index >= 15 is 0 Å². The highest BCUT2D eigenvalue weighted by Crippen LogP contribution is 2.23. The van der Waals surface area contributed by atoms with E-state index in [1.807, 2.05) is 4.90 Å². The Morgan fingerprint density at radius 3 is 2.42 bits per heavy atom. The Kier molecular flexibility index (Phi) is 4.77. The maximum atomic E-state index is 12.5. The summed E-state index contributed by atoms with van der Waals surface area (Å²) in [6, 6.07) is 0.0515. The van der Waals surface area contributed by atoms with Crippen LogP contribution in [0.1, 0.15) is 25.3 Å². The SMILES string of the molecule is O=C(CN1CCCCC1)N1C[C@@H]2OCC(n3cncn3)CO[C@H]2C1. The first-order chi connectivity index (χ1) is 11.8. The van der Waals surface area contributed by atoms with Crippen LogP contribution in [0.15, 0.2) is 12.7 Å². The third-order valence-electron chi connectivity index (χ3n) is 5.19. The maximum absolute atomic E-state index is 12.5. The minimum atomic E-state index is -0.0381. The van der Waals surface area contributed by atoms with Gasteiger partial charge >= 0.3 is 0 Å². The van der Waals surface area contributed by atoms with E-state index in [-0.39, 0.29) is 24.2 Å². The van der Waals surface area contributed by atoms with E-state index in [9.17, 15) is 4.79 Å². The molecule has 3 fully saturated rings. The van der Waals surface area contributed by atoms with E-state index in [0.29, 0.717) is 32.8 Å². The molecule has 0 aliphatic carbocycles. The Morgan fingerprint density at radius 1 is 1.08 bits per heavy atom. The minimum Gasteiger partial charge on any atom is -0.371 e. The molecule has 3 aliphatic rings. The Hall–Kier alpha value is -1.51. The van der Waals surface area contributed by atoms with Crippen molar-refractivity contribution in [3.05, 3.63) is 12.7 Å². The predicted molar refractivity (Wildman–Crippen MR) is 85.4 cm³/mol. The largest absolute Gasteiger partial charge is 0.371 e. The van der Waals surface area contributed by atoms with E-state index in [1.165, 1.54) is 25.6 Å². The van der Waals surface area contributed by atoms with E-state index in [2.05, 4.69) is 15.0 Å². The van der Waals surface area contributed by atoms with Crippen molar-refractivity contribution in [3.8, 4) is 0 Å². The van der Waals surface area contributed by atoms with Gasteiger partial charge in [-0.05, 0) is 25.9 Å². The topological polar surface area (TPSA) is 72.7 Å². The number of hydrogen-bond donors (Lipinski definition) is 0. The molecule has 2 atom stereocenters. The smallest absolute Gasteiger partial charge is 0.236 e. The number of likely N-dealkylation sites (tertiary alicyclic amines) is 2. The molecule has 3 aliphatic heterocycles. The minimum absolute atomic E-state index is 0.0381. The summed E-state index contributed by atoms with van der Waals surface area (Å²) >= 11 is 0. The zero-order chi connectivity index (χ0) is 16.4. The van der Waals surface area contributed by atoms with Crippen molar-refractivity contribution < 1.29 is 14.3 Å². The zero-order valence-corrected chi connectivity index (χ0v) is 13.9. The van der Waals surface area contributed by atoms with Crippen molar-refractivity contribution in [2.75, 3.05) is 45.9 Å². The van der Waals surface area contributed by atoms with Gasteiger partial charge in [-0.25, -0.2) is 9.67 Å². The van der Waals surface area contributed by atoms with Crippen LogP contribution >= 0.6 is 0 Å². The van der Waals surface area contributed by atoms with Crippen molar-refractivity contribution in [3.63, 3.8) is 0 Å². The fourth-order valence-corrected chi connectivity index (χ4v) is 3.75. The second-order valence-corrected chi connectivity index (χ2v) is 6.91. The summed E-state index contributed by atoms with van der Waals surface area (Å²) in [5.41, 5.74) is 0. The summed E-state index contributed by atoms with van der Waals surface area (Å²) in [4.78, 5) is 20.7. The third-order valence-corrected chi connectivity index (χ3v) is 5.19. The molecule has 3 saturated heterocycles. The Morgan fingerprint density at radius 2 is 1.79 bits per heavy atom. The summed E-state index contributed by atoms with van der Waals surface area (Å²) in [7, 11) is 0. The van der Waals surface area contributed by atoms with Gasteiger partial charge in [-0.2, -0.15) is 5.10 Å². The number of fused-ring (bicyclic) bond motifs is 1. The molecule has 0 radical (unpaired) electrons. The molecule has 8 heteroatoms. The van der Waals surface area contributed by atoms with Gasteiger partial charge in [0.25, 0.3) is 0 Å². The van der Waals surface area contributed by atoms with Gasteiger partial charge in [-0.3, -0.25) is 9.69 Å². The molecule has 1 amide bonds. The number of ether oxygens (including phenoxy) is 2. The van der Waals surface area contributed by atoms with Gasteiger partial charge in [-0.1, -0.05) is 6.42 Å². The summed E-state index contributed by atoms with van der Waals surface area (Å²) in [5, 5.41) is 4.16. The number of amides is 1. The average Bonchev–Trinajstić information content (AvgIpc) is 3.23. The van der Waals surface area contributed by atoms with Crippen LogP contribution < -0.4 is 0 Å². The second-order valence-electron chi connectivity index (χ2n) is 6.91. The maximum Gasteiger partial charge on any atom is 0.236 e. The first-order valence-electron chi connectivity index (χ1n) is 8.87. The molecule has 0 unspecified atom stereocenters. The number of aromatic nitrogens is 3. The van der Waals surface area contributed by atoms with E-state index < -0.39 is 0 Å². The highest BCUT2D eigenvalue weighted by atomic mass is 16.6. The fraction of sp³-hybridized carbons (Fsp3) is 0.812. The van der Waals surface area contributed by atoms with Gasteiger partial charge in [0.15, 0.2) is 0 Å². The Balaban J connectivity index is 1.30. The van der Waals surface area contributed by atoms with Gasteiger partial charge in [0.2, 0.25) is 5.91 Å². The van der Waals surface area contributed by atoms with Gasteiger partial charge in [0, 0.05) is 13.1 Å². The first kappa shape index (κ1) is 16.0. The number of carbonyl (C=O) groups is 1. The molecule has 1 aromatic rings. The summed E-state index contributed by atoms with van der Waals surface area (Å²) < 4.78 is 13.8. The van der Waals surface area contributed by atoms with Crippen molar-refractivity contribution >= 4 is 5.91 Å². The fourth-order valence-electron chi connectivity index (χ4n) is 3.75. The summed E-state index contributed by atoms with van der Waals surface area (Å²) in [5.74, 6) is 0.199. The van der Waals surface area contributed by atoms with Crippen LogP contribution in [0.4, 0.5) is 0 Å². The molecule has 8 nitrogen and oxygen atoms in total. The highest BCUT2D eigenvalue weighted by Gasteiger charge is 2.39. The van der Waals surface area contributed by atoms with E-state index in [4.69, 9.17) is 9.47 Å². The van der Waals surface area contributed by atoms with Crippen LogP contribution in [0.3, 0.4) is 0 Å². The standard InChI is InChI=1S/C16H25N5O3/c22-16(8-19-4-2-1-3-5-19)20-6-14-15(7-20)24-10-13(9-23-14)21-12-17-11-18-21/h11-15H,1-10H2/t14-,15-/m0/s1. The molecule has 4 heterocycles. The quantitative estimate of drug-likeness (QED) is 0.770. The van der Waals surface area contributed by atoms with Gasteiger partial charge < -0.3 is 14.4 Å². The van der Waals surface area contributed by atoms with Crippen molar-refractivity contribution in [2.45, 2.75) is 37.5 Å². The average molecular weight is 335 g/mol. The molecule has 1 aromatic heterocycles. The van der Waals surface area contributed by atoms with Gasteiger partial charge in [-0.15, -0.1) is 0 Å². The summed E-state index contributed by atoms with van der Waals surface area (Å²) in [6.07, 6.45) is 6.82. The molecule has 132 valence electrons. The van der Waals surface area contributed by atoms with Crippen molar-refractivity contribution in [1.82, 2.24) is 24.6 Å². The Bertz CT molecular complexity index is 530. The molecule has 0 saturated carbocycles. The molecule has 24 heavy (non-hydrogen) atoms. The monoisotopic (exact) mass is 335 g/mol. The number of hydrogen-bond acceptors (Lipinski definition) is 6. The first-order valence-corrected chi connectivity index (χ1v) is 8.87. The molecule has 4 rings (SSSR count). The predicted octanol–water partition coefficient (Wildman–Crippen LogP) is -0.0687. The number of nitrogens with zero attached hydrogens (tertiary/aromatic N) is 5. The third kappa shape index (κ3) is 3.45. The lowest BCUT2D eigenvalue weighted by Crippen LogP contribution is -2.42. The van der Waals surface area contributed by atoms with Crippen molar-refractivity contribution in [2.24, 2.45) is 0 Å². The van der Waals surface area contributed by atoms with Crippen LogP contribution in [0.25, 0.3) is 0 Å². The van der Waals surface area contributed by atoms with Crippen LogP contribution in [0, 0.1) is 0 Å². The van der Waals surface area contributed by atoms with Gasteiger partial charge in [0.1, 0.15) is 30.9 Å². The summed E-state index contributed by atoms with van der Waals surface area (Å²) in [6.45, 7) is 4.94. The highest BCUT2D eigenvalue weighted by molar-refractivity contribution is 5.78. The van der Waals surface area contributed by atoms with Crippen molar-refractivity contribution in [1.29, 1.82) is 0 Å². The normalized spacial score (nSPS) is 29.4. The number of carbonyl (C=O) groups excluding carboxylic acids is 1. The van der Waals surface area contributed by atoms with Crippen LogP contribution in [0.5, 0.6) is 0 Å². The Labute approximate surface area is 141 Å². The molecule has 0 spiro atoms. The van der Waals surface area contributed by atoms with E-state index in [1.54, 1.807) is 11.0 Å². The lowest BCUT2D eigenvalue weighted by Gasteiger charge is -2.28. The molecular weight excluding hydrogens is 310 g/mol. The van der Waals surface area contributed by atoms with Crippen LogP contribution in [0.2, 0.25) is 0 Å². The number of rotatable bonds is 3. The molecular formula is C16H25N5O3.